The second kappa shape index (κ2) is 5.25. The summed E-state index contributed by atoms with van der Waals surface area (Å²) in [5.74, 6) is -0.174. The maximum Gasteiger partial charge on any atom is 0.124 e. The van der Waals surface area contributed by atoms with Gasteiger partial charge in [0, 0.05) is 36.7 Å². The summed E-state index contributed by atoms with van der Waals surface area (Å²) in [6.45, 7) is 6.06. The minimum Gasteiger partial charge on any atom is -0.312 e. The van der Waals surface area contributed by atoms with Crippen molar-refractivity contribution in [1.82, 2.24) is 10.2 Å². The van der Waals surface area contributed by atoms with Gasteiger partial charge in [-0.25, -0.2) is 4.39 Å². The second-order valence-electron chi connectivity index (χ2n) is 4.37. The van der Waals surface area contributed by atoms with Crippen molar-refractivity contribution in [3.8, 4) is 0 Å². The van der Waals surface area contributed by atoms with E-state index in [1.807, 2.05) is 6.07 Å². The molecular weight excluding hydrogens is 271 g/mol. The van der Waals surface area contributed by atoms with Crippen LogP contribution in [0.5, 0.6) is 0 Å². The van der Waals surface area contributed by atoms with Crippen molar-refractivity contribution in [2.45, 2.75) is 19.5 Å². The molecule has 1 atom stereocenters. The summed E-state index contributed by atoms with van der Waals surface area (Å²) in [5.41, 5.74) is 1.03. The molecule has 1 aromatic rings. The fraction of sp³-hybridized carbons (Fsp3) is 0.500. The lowest BCUT2D eigenvalue weighted by molar-refractivity contribution is 0.199. The largest absolute Gasteiger partial charge is 0.312 e. The Morgan fingerprint density at radius 1 is 1.50 bits per heavy atom. The summed E-state index contributed by atoms with van der Waals surface area (Å²) in [7, 11) is 0. The monoisotopic (exact) mass is 286 g/mol. The van der Waals surface area contributed by atoms with Crippen molar-refractivity contribution >= 4 is 15.9 Å². The van der Waals surface area contributed by atoms with Gasteiger partial charge in [-0.2, -0.15) is 0 Å². The van der Waals surface area contributed by atoms with Crippen LogP contribution in [0.3, 0.4) is 0 Å². The van der Waals surface area contributed by atoms with Gasteiger partial charge in [-0.05, 0) is 30.7 Å². The lowest BCUT2D eigenvalue weighted by Gasteiger charge is -2.31. The molecule has 0 aromatic heterocycles. The molecule has 0 amide bonds. The van der Waals surface area contributed by atoms with Gasteiger partial charge < -0.3 is 5.32 Å². The van der Waals surface area contributed by atoms with Gasteiger partial charge in [-0.1, -0.05) is 15.9 Å². The summed E-state index contributed by atoms with van der Waals surface area (Å²) in [6, 6.07) is 5.60. The van der Waals surface area contributed by atoms with E-state index in [-0.39, 0.29) is 5.82 Å². The Morgan fingerprint density at radius 3 is 3.00 bits per heavy atom. The van der Waals surface area contributed by atoms with Crippen molar-refractivity contribution in [2.24, 2.45) is 0 Å². The van der Waals surface area contributed by atoms with Gasteiger partial charge >= 0.3 is 0 Å². The average molecular weight is 287 g/mol. The van der Waals surface area contributed by atoms with E-state index in [9.17, 15) is 4.39 Å². The Balaban J connectivity index is 2.02. The van der Waals surface area contributed by atoms with Crippen molar-refractivity contribution in [3.05, 3.63) is 34.1 Å². The molecule has 16 heavy (non-hydrogen) atoms. The zero-order valence-corrected chi connectivity index (χ0v) is 10.9. The van der Waals surface area contributed by atoms with Crippen molar-refractivity contribution in [2.75, 3.05) is 19.6 Å². The Morgan fingerprint density at radius 2 is 2.31 bits per heavy atom. The van der Waals surface area contributed by atoms with Gasteiger partial charge in [-0.3, -0.25) is 4.90 Å². The third-order valence-electron chi connectivity index (χ3n) is 2.78. The van der Waals surface area contributed by atoms with Crippen LogP contribution in [-0.2, 0) is 6.54 Å². The molecule has 1 aromatic carbocycles. The number of piperazine rings is 1. The Hall–Kier alpha value is -0.450. The Kier molecular flexibility index (Phi) is 3.95. The molecule has 2 rings (SSSR count). The first kappa shape index (κ1) is 12.0. The predicted octanol–water partition coefficient (Wildman–Crippen LogP) is 2.38. The summed E-state index contributed by atoms with van der Waals surface area (Å²) in [6.07, 6.45) is 0. The fourth-order valence-electron chi connectivity index (χ4n) is 2.12. The lowest BCUT2D eigenvalue weighted by Crippen LogP contribution is -2.48. The molecule has 0 spiro atoms. The highest BCUT2D eigenvalue weighted by Crippen LogP contribution is 2.16. The predicted molar refractivity (Wildman–Crippen MR) is 66.8 cm³/mol. The summed E-state index contributed by atoms with van der Waals surface area (Å²) >= 11 is 3.32. The first-order chi connectivity index (χ1) is 7.63. The maximum atomic E-state index is 13.2. The van der Waals surface area contributed by atoms with Crippen LogP contribution in [0.4, 0.5) is 4.39 Å². The van der Waals surface area contributed by atoms with Crippen molar-refractivity contribution in [3.63, 3.8) is 0 Å². The van der Waals surface area contributed by atoms with Crippen molar-refractivity contribution < 1.29 is 4.39 Å². The van der Waals surface area contributed by atoms with Gasteiger partial charge in [0.15, 0.2) is 0 Å². The first-order valence-corrected chi connectivity index (χ1v) is 6.33. The lowest BCUT2D eigenvalue weighted by atomic mass is 10.1. The number of hydrogen-bond acceptors (Lipinski definition) is 2. The number of benzene rings is 1. The van der Waals surface area contributed by atoms with E-state index in [4.69, 9.17) is 0 Å². The van der Waals surface area contributed by atoms with Crippen LogP contribution < -0.4 is 5.32 Å². The molecule has 0 radical (unpaired) electrons. The van der Waals surface area contributed by atoms with Gasteiger partial charge in [0.05, 0.1) is 0 Å². The van der Waals surface area contributed by atoms with Crippen LogP contribution in [0.25, 0.3) is 0 Å². The smallest absolute Gasteiger partial charge is 0.124 e. The number of nitrogens with one attached hydrogen (secondary N) is 1. The Labute approximate surface area is 104 Å². The van der Waals surface area contributed by atoms with Crippen LogP contribution in [-0.4, -0.2) is 30.6 Å². The third kappa shape index (κ3) is 3.27. The Bertz CT molecular complexity index is 350. The number of nitrogens with zero attached hydrogens (tertiary/aromatic N) is 1. The minimum atomic E-state index is -0.174. The highest BCUT2D eigenvalue weighted by atomic mass is 79.9. The molecule has 0 saturated carbocycles. The van der Waals surface area contributed by atoms with E-state index >= 15 is 0 Å². The van der Waals surface area contributed by atoms with E-state index in [0.29, 0.717) is 6.04 Å². The highest BCUT2D eigenvalue weighted by Gasteiger charge is 2.15. The van der Waals surface area contributed by atoms with Crippen LogP contribution in [0.1, 0.15) is 12.5 Å². The molecule has 1 N–H and O–H groups in total. The maximum absolute atomic E-state index is 13.2. The highest BCUT2D eigenvalue weighted by molar-refractivity contribution is 9.10. The van der Waals surface area contributed by atoms with Gasteiger partial charge in [0.25, 0.3) is 0 Å². The van der Waals surface area contributed by atoms with Crippen molar-refractivity contribution in [1.29, 1.82) is 0 Å². The van der Waals surface area contributed by atoms with E-state index in [1.165, 1.54) is 6.07 Å². The van der Waals surface area contributed by atoms with Gasteiger partial charge in [0.2, 0.25) is 0 Å². The SMILES string of the molecule is C[C@H]1CN(Cc2cc(F)cc(Br)c2)CCN1. The molecule has 1 aliphatic rings. The standard InChI is InChI=1S/C12H16BrFN2/c1-9-7-16(3-2-15-9)8-10-4-11(13)6-12(14)5-10/h4-6,9,15H,2-3,7-8H2,1H3/t9-/m0/s1. The number of rotatable bonds is 2. The minimum absolute atomic E-state index is 0.174. The molecule has 4 heteroatoms. The quantitative estimate of drug-likeness (QED) is 0.898. The van der Waals surface area contributed by atoms with Crippen LogP contribution >= 0.6 is 15.9 Å². The van der Waals surface area contributed by atoms with E-state index < -0.39 is 0 Å². The molecule has 2 nitrogen and oxygen atoms in total. The molecule has 1 aliphatic heterocycles. The zero-order valence-electron chi connectivity index (χ0n) is 9.34. The summed E-state index contributed by atoms with van der Waals surface area (Å²) in [4.78, 5) is 2.35. The summed E-state index contributed by atoms with van der Waals surface area (Å²) in [5, 5.41) is 3.40. The molecule has 1 fully saturated rings. The second-order valence-corrected chi connectivity index (χ2v) is 5.28. The van der Waals surface area contributed by atoms with Gasteiger partial charge in [0.1, 0.15) is 5.82 Å². The molecule has 1 heterocycles. The first-order valence-electron chi connectivity index (χ1n) is 5.54. The van der Waals surface area contributed by atoms with E-state index in [2.05, 4.69) is 33.1 Å². The van der Waals surface area contributed by atoms with Gasteiger partial charge in [-0.15, -0.1) is 0 Å². The molecule has 88 valence electrons. The number of halogens is 2. The van der Waals surface area contributed by atoms with Crippen LogP contribution in [0, 0.1) is 5.82 Å². The van der Waals surface area contributed by atoms with Crippen LogP contribution in [0.2, 0.25) is 0 Å². The molecular formula is C12H16BrFN2. The number of hydrogen-bond donors (Lipinski definition) is 1. The van der Waals surface area contributed by atoms with E-state index in [1.54, 1.807) is 6.07 Å². The van der Waals surface area contributed by atoms with E-state index in [0.717, 1.165) is 36.2 Å². The molecule has 0 aliphatic carbocycles. The molecule has 0 bridgehead atoms. The fourth-order valence-corrected chi connectivity index (χ4v) is 2.63. The van der Waals surface area contributed by atoms with Crippen LogP contribution in [0.15, 0.2) is 22.7 Å². The zero-order chi connectivity index (χ0) is 11.5. The topological polar surface area (TPSA) is 15.3 Å². The molecule has 0 unspecified atom stereocenters. The third-order valence-corrected chi connectivity index (χ3v) is 3.24. The summed E-state index contributed by atoms with van der Waals surface area (Å²) < 4.78 is 14.0. The average Bonchev–Trinajstić information content (AvgIpc) is 2.15. The molecule has 1 saturated heterocycles. The normalized spacial score (nSPS) is 22.3.